The molecule has 0 aliphatic carbocycles. The van der Waals surface area contributed by atoms with Gasteiger partial charge in [-0.1, -0.05) is 305 Å². The van der Waals surface area contributed by atoms with Crippen molar-refractivity contribution >= 4 is 56.8 Å². The highest BCUT2D eigenvalue weighted by Crippen LogP contribution is 2.44. The Morgan fingerprint density at radius 3 is 0.991 bits per heavy atom. The van der Waals surface area contributed by atoms with Gasteiger partial charge in [0, 0.05) is 58.2 Å². The van der Waals surface area contributed by atoms with Gasteiger partial charge in [0.25, 0.3) is 0 Å². The quantitative estimate of drug-likeness (QED) is 0.0143. The van der Waals surface area contributed by atoms with Crippen molar-refractivity contribution in [3.63, 3.8) is 0 Å². The van der Waals surface area contributed by atoms with Gasteiger partial charge < -0.3 is 45.3 Å². The third-order valence-electron chi connectivity index (χ3n) is 19.8. The average Bonchev–Trinajstić information content (AvgIpc) is 0.914. The van der Waals surface area contributed by atoms with Gasteiger partial charge in [-0.2, -0.15) is 0 Å². The smallest absolute Gasteiger partial charge is 0.462 e. The van der Waals surface area contributed by atoms with Crippen molar-refractivity contribution in [2.24, 2.45) is 5.92 Å². The topological polar surface area (TPSA) is 307 Å². The normalized spacial score (nSPS) is 13.8. The number of ether oxygens (including phenoxy) is 3. The number of hydrogen-bond acceptors (Lipinski definition) is 16. The third kappa shape index (κ3) is 73.0. The number of rotatable bonds is 85. The van der Waals surface area contributed by atoms with E-state index in [1.807, 2.05) is 0 Å². The molecule has 0 aliphatic rings. The van der Waals surface area contributed by atoms with Gasteiger partial charge in [0.1, 0.15) is 23.5 Å². The Morgan fingerprint density at radius 1 is 0.324 bits per heavy atom. The van der Waals surface area contributed by atoms with Crippen LogP contribution in [-0.2, 0) is 70.2 Å². The standard InChI is InChI=1S/C84H162N4O18P2/c1-7-13-19-25-29-33-37-43-48-54-77(89)67-74(53-47-41-23-17-11-5)59-63-100-70-75(87-81(92)68-78(90)55-49-44-38-34-30-26-20-14-8-2)72-104-107(96,97)102-65-61-85-84(95)86-62-66-103-108(98,99)105-73-76(88-82(93)69-79(91)56-50-45-39-35-31-27-21-15-9-3)71-101-64-60-80(57-51-42-24-18-12-6)106-83(94)58-52-46-40-36-32-28-22-16-10-4/h74-76,80H,7-73H2,1-6H3,(H,87,92)(H,88,93)(H,96,97)(H,98,99)(H2,85,86,95)/t74-,75-,76-,80-/m1/s1. The predicted octanol–water partition coefficient (Wildman–Crippen LogP) is 21.1. The molecule has 0 saturated heterocycles. The first-order valence-corrected chi connectivity index (χ1v) is 47.0. The molecule has 0 fully saturated rings. The van der Waals surface area contributed by atoms with Gasteiger partial charge in [-0.15, -0.1) is 0 Å². The molecule has 6 atom stereocenters. The molecule has 0 spiro atoms. The minimum Gasteiger partial charge on any atom is -0.462 e. The Labute approximate surface area is 657 Å². The molecule has 636 valence electrons. The molecule has 0 radical (unpaired) electrons. The van der Waals surface area contributed by atoms with Gasteiger partial charge in [-0.3, -0.25) is 46.9 Å². The first kappa shape index (κ1) is 105. The summed E-state index contributed by atoms with van der Waals surface area (Å²) in [5, 5.41) is 10.4. The minimum atomic E-state index is -4.79. The van der Waals surface area contributed by atoms with Crippen molar-refractivity contribution in [2.45, 2.75) is 426 Å². The highest BCUT2D eigenvalue weighted by Gasteiger charge is 2.28. The van der Waals surface area contributed by atoms with Gasteiger partial charge in [-0.05, 0) is 57.3 Å². The number of phosphoric ester groups is 2. The molecular weight excluding hydrogens is 1410 g/mol. The number of esters is 1. The Hall–Kier alpha value is -3.17. The molecule has 4 amide bonds. The summed E-state index contributed by atoms with van der Waals surface area (Å²) in [5.41, 5.74) is 0. The van der Waals surface area contributed by atoms with Crippen molar-refractivity contribution in [1.82, 2.24) is 21.3 Å². The fourth-order valence-corrected chi connectivity index (χ4v) is 14.7. The summed E-state index contributed by atoms with van der Waals surface area (Å²) >= 11 is 0. The number of unbranched alkanes of at least 4 members (excludes halogenated alkanes) is 40. The van der Waals surface area contributed by atoms with E-state index in [2.05, 4.69) is 62.8 Å². The summed E-state index contributed by atoms with van der Waals surface area (Å²) in [6.07, 6.45) is 54.7. The summed E-state index contributed by atoms with van der Waals surface area (Å²) in [4.78, 5) is 113. The van der Waals surface area contributed by atoms with Crippen molar-refractivity contribution < 1.29 is 84.8 Å². The van der Waals surface area contributed by atoms with Crippen molar-refractivity contribution in [1.29, 1.82) is 0 Å². The molecule has 22 nitrogen and oxygen atoms in total. The average molecular weight is 1580 g/mol. The van der Waals surface area contributed by atoms with Crippen molar-refractivity contribution in [3.05, 3.63) is 0 Å². The number of amides is 4. The van der Waals surface area contributed by atoms with Gasteiger partial charge in [0.15, 0.2) is 0 Å². The van der Waals surface area contributed by atoms with Crippen LogP contribution < -0.4 is 21.3 Å². The lowest BCUT2D eigenvalue weighted by atomic mass is 9.91. The number of hydrogen-bond donors (Lipinski definition) is 6. The third-order valence-corrected chi connectivity index (χ3v) is 21.8. The first-order valence-electron chi connectivity index (χ1n) is 44.1. The van der Waals surface area contributed by atoms with Crippen LogP contribution in [0.3, 0.4) is 0 Å². The van der Waals surface area contributed by atoms with E-state index in [4.69, 9.17) is 32.3 Å². The summed E-state index contributed by atoms with van der Waals surface area (Å²) in [7, 11) is -9.57. The van der Waals surface area contributed by atoms with Crippen molar-refractivity contribution in [3.8, 4) is 0 Å². The molecule has 2 unspecified atom stereocenters. The summed E-state index contributed by atoms with van der Waals surface area (Å²) in [6, 6.07) is -2.68. The molecule has 0 aliphatic heterocycles. The molecule has 24 heteroatoms. The van der Waals surface area contributed by atoms with E-state index < -0.39 is 72.0 Å². The summed E-state index contributed by atoms with van der Waals surface area (Å²) in [6.45, 7) is 10.8. The maximum absolute atomic E-state index is 13.3. The van der Waals surface area contributed by atoms with E-state index in [9.17, 15) is 52.5 Å². The van der Waals surface area contributed by atoms with Crippen LogP contribution in [-0.4, -0.2) is 135 Å². The Kier molecular flexibility index (Phi) is 74.2. The van der Waals surface area contributed by atoms with Crippen LogP contribution in [0.15, 0.2) is 0 Å². The lowest BCUT2D eigenvalue weighted by molar-refractivity contribution is -0.150. The van der Waals surface area contributed by atoms with Crippen LogP contribution in [0.5, 0.6) is 0 Å². The molecule has 0 heterocycles. The fraction of sp³-hybridized carbons (Fsp3) is 0.917. The van der Waals surface area contributed by atoms with E-state index in [-0.39, 0.29) is 101 Å². The number of Topliss-reactive ketones (excluding diaryl/α,β-unsaturated/α-hetero) is 3. The lowest BCUT2D eigenvalue weighted by Crippen LogP contribution is -2.42. The van der Waals surface area contributed by atoms with Crippen LogP contribution >= 0.6 is 15.6 Å². The maximum Gasteiger partial charge on any atom is 0.472 e. The van der Waals surface area contributed by atoms with Crippen LogP contribution in [0.1, 0.15) is 408 Å². The zero-order chi connectivity index (χ0) is 79.5. The second-order valence-electron chi connectivity index (χ2n) is 30.5. The van der Waals surface area contributed by atoms with Gasteiger partial charge >= 0.3 is 27.6 Å². The lowest BCUT2D eigenvalue weighted by Gasteiger charge is -2.22. The molecule has 0 aromatic carbocycles. The molecule has 0 bridgehead atoms. The van der Waals surface area contributed by atoms with Crippen molar-refractivity contribution in [2.75, 3.05) is 65.9 Å². The Balaban J connectivity index is 5.68. The number of urea groups is 1. The number of nitrogens with one attached hydrogen (secondary N) is 4. The van der Waals surface area contributed by atoms with Gasteiger partial charge in [0.05, 0.1) is 71.2 Å². The zero-order valence-corrected chi connectivity index (χ0v) is 71.3. The maximum atomic E-state index is 13.3. The minimum absolute atomic E-state index is 0.102. The van der Waals surface area contributed by atoms with E-state index in [1.165, 1.54) is 148 Å². The molecule has 0 rings (SSSR count). The number of ketones is 3. The number of carbonyl (C=O) groups excluding carboxylic acids is 7. The molecule has 108 heavy (non-hydrogen) atoms. The largest absolute Gasteiger partial charge is 0.472 e. The van der Waals surface area contributed by atoms with E-state index in [0.717, 1.165) is 141 Å². The van der Waals surface area contributed by atoms with Gasteiger partial charge in [0.2, 0.25) is 11.8 Å². The van der Waals surface area contributed by atoms with E-state index in [0.29, 0.717) is 51.4 Å². The zero-order valence-electron chi connectivity index (χ0n) is 69.5. The van der Waals surface area contributed by atoms with Crippen LogP contribution in [0.4, 0.5) is 4.79 Å². The highest BCUT2D eigenvalue weighted by atomic mass is 31.2. The SMILES string of the molecule is CCCCCCCCCCCC(=O)CC(=O)N[C@H](COCC[C@@H](CCCCCCC)CC(=O)CCCCCCCCCCC)COP(=O)(O)OCCNC(=O)NCCOP(=O)(O)OC[C@@H](COCC[C@@H](CCCCCCC)OC(=O)CCCCCCCCCCC)NC(=O)CC(=O)CCCCCCCCCCC. The van der Waals surface area contributed by atoms with Crippen LogP contribution in [0, 0.1) is 5.92 Å². The molecule has 6 N–H and O–H groups in total. The Morgan fingerprint density at radius 2 is 0.630 bits per heavy atom. The molecule has 0 aromatic rings. The monoisotopic (exact) mass is 1580 g/mol. The summed E-state index contributed by atoms with van der Waals surface area (Å²) < 4.78 is 65.4. The first-order chi connectivity index (χ1) is 52.3. The van der Waals surface area contributed by atoms with Crippen LogP contribution in [0.2, 0.25) is 0 Å². The Bertz CT molecular complexity index is 2120. The predicted molar refractivity (Wildman–Crippen MR) is 436 cm³/mol. The second kappa shape index (κ2) is 76.5. The number of carbonyl (C=O) groups is 7. The molecular formula is C84H162N4O18P2. The van der Waals surface area contributed by atoms with E-state index >= 15 is 0 Å². The highest BCUT2D eigenvalue weighted by molar-refractivity contribution is 7.47. The van der Waals surface area contributed by atoms with Crippen LogP contribution in [0.25, 0.3) is 0 Å². The van der Waals surface area contributed by atoms with Gasteiger partial charge in [-0.25, -0.2) is 13.9 Å². The summed E-state index contributed by atoms with van der Waals surface area (Å²) in [5.74, 6) is -1.41. The fourth-order valence-electron chi connectivity index (χ4n) is 13.2. The number of phosphoric acid groups is 2. The molecule has 0 saturated carbocycles. The molecule has 0 aromatic heterocycles. The second-order valence-corrected chi connectivity index (χ2v) is 33.4. The van der Waals surface area contributed by atoms with E-state index in [1.54, 1.807) is 0 Å².